The van der Waals surface area contributed by atoms with E-state index in [1.807, 2.05) is 30.3 Å². The molecule has 1 aromatic carbocycles. The lowest BCUT2D eigenvalue weighted by molar-refractivity contribution is -0.144. The zero-order valence-corrected chi connectivity index (χ0v) is 10.5. The van der Waals surface area contributed by atoms with Crippen molar-refractivity contribution in [1.82, 2.24) is 5.32 Å². The summed E-state index contributed by atoms with van der Waals surface area (Å²) in [5.74, 6) is -0.752. The molecule has 5 heteroatoms. The maximum absolute atomic E-state index is 11.3. The lowest BCUT2D eigenvalue weighted by Gasteiger charge is -2.10. The fourth-order valence-electron chi connectivity index (χ4n) is 1.30. The summed E-state index contributed by atoms with van der Waals surface area (Å²) in [5.41, 5.74) is 0.911. The van der Waals surface area contributed by atoms with Gasteiger partial charge in [0.05, 0.1) is 13.0 Å². The molecule has 0 heterocycles. The van der Waals surface area contributed by atoms with Gasteiger partial charge in [-0.15, -0.1) is 0 Å². The Bertz CT molecular complexity index is 391. The highest BCUT2D eigenvalue weighted by Gasteiger charge is 2.14. The molecule has 1 amide bonds. The number of amides is 1. The van der Waals surface area contributed by atoms with Crippen LogP contribution in [-0.2, 0) is 20.9 Å². The predicted octanol–water partition coefficient (Wildman–Crippen LogP) is 1.72. The summed E-state index contributed by atoms with van der Waals surface area (Å²) < 4.78 is 9.53. The van der Waals surface area contributed by atoms with E-state index < -0.39 is 6.09 Å². The van der Waals surface area contributed by atoms with Crippen molar-refractivity contribution in [2.45, 2.75) is 13.5 Å². The third-order valence-corrected chi connectivity index (χ3v) is 2.37. The molecular weight excluding hydrogens is 234 g/mol. The highest BCUT2D eigenvalue weighted by Crippen LogP contribution is 2.01. The van der Waals surface area contributed by atoms with E-state index in [2.05, 4.69) is 10.1 Å². The number of rotatable bonds is 5. The van der Waals surface area contributed by atoms with Crippen LogP contribution < -0.4 is 5.32 Å². The van der Waals surface area contributed by atoms with Crippen molar-refractivity contribution in [3.8, 4) is 0 Å². The summed E-state index contributed by atoms with van der Waals surface area (Å²) in [4.78, 5) is 22.4. The molecule has 1 aromatic rings. The zero-order valence-electron chi connectivity index (χ0n) is 10.5. The van der Waals surface area contributed by atoms with Crippen molar-refractivity contribution in [1.29, 1.82) is 0 Å². The van der Waals surface area contributed by atoms with Gasteiger partial charge in [0.1, 0.15) is 6.61 Å². The molecule has 0 aliphatic carbocycles. The fourth-order valence-corrected chi connectivity index (χ4v) is 1.30. The molecule has 0 bridgehead atoms. The van der Waals surface area contributed by atoms with Crippen LogP contribution in [0.25, 0.3) is 0 Å². The Morgan fingerprint density at radius 1 is 1.28 bits per heavy atom. The largest absolute Gasteiger partial charge is 0.469 e. The van der Waals surface area contributed by atoms with E-state index in [0.29, 0.717) is 0 Å². The summed E-state index contributed by atoms with van der Waals surface area (Å²) in [5, 5.41) is 2.51. The molecular formula is C13H17NO4. The van der Waals surface area contributed by atoms with Gasteiger partial charge >= 0.3 is 12.1 Å². The number of benzene rings is 1. The first-order valence-corrected chi connectivity index (χ1v) is 5.66. The highest BCUT2D eigenvalue weighted by molar-refractivity contribution is 5.73. The van der Waals surface area contributed by atoms with E-state index in [-0.39, 0.29) is 25.0 Å². The molecule has 1 atom stereocenters. The Hall–Kier alpha value is -2.04. The molecule has 1 rings (SSSR count). The lowest BCUT2D eigenvalue weighted by atomic mass is 10.2. The highest BCUT2D eigenvalue weighted by atomic mass is 16.5. The van der Waals surface area contributed by atoms with Gasteiger partial charge in [-0.05, 0) is 5.56 Å². The Morgan fingerprint density at radius 3 is 2.56 bits per heavy atom. The van der Waals surface area contributed by atoms with Gasteiger partial charge in [-0.2, -0.15) is 0 Å². The van der Waals surface area contributed by atoms with E-state index in [1.54, 1.807) is 6.92 Å². The summed E-state index contributed by atoms with van der Waals surface area (Å²) >= 11 is 0. The maximum Gasteiger partial charge on any atom is 0.407 e. The van der Waals surface area contributed by atoms with Crippen molar-refractivity contribution in [3.05, 3.63) is 35.9 Å². The van der Waals surface area contributed by atoms with Gasteiger partial charge in [-0.25, -0.2) is 4.79 Å². The Labute approximate surface area is 106 Å². The fraction of sp³-hybridized carbons (Fsp3) is 0.385. The molecule has 0 saturated heterocycles. The third kappa shape index (κ3) is 4.86. The van der Waals surface area contributed by atoms with Gasteiger partial charge in [-0.3, -0.25) is 4.79 Å². The first-order chi connectivity index (χ1) is 8.63. The molecule has 5 nitrogen and oxygen atoms in total. The number of carbonyl (C=O) groups excluding carboxylic acids is 2. The topological polar surface area (TPSA) is 64.6 Å². The average molecular weight is 251 g/mol. The van der Waals surface area contributed by atoms with Crippen LogP contribution in [-0.4, -0.2) is 25.7 Å². The molecule has 0 fully saturated rings. The summed E-state index contributed by atoms with van der Waals surface area (Å²) in [6.45, 7) is 2.07. The van der Waals surface area contributed by atoms with Gasteiger partial charge < -0.3 is 14.8 Å². The van der Waals surface area contributed by atoms with Crippen LogP contribution >= 0.6 is 0 Å². The van der Waals surface area contributed by atoms with Crippen molar-refractivity contribution < 1.29 is 19.1 Å². The van der Waals surface area contributed by atoms with Crippen LogP contribution in [0, 0.1) is 5.92 Å². The summed E-state index contributed by atoms with van der Waals surface area (Å²) in [6.07, 6.45) is -0.547. The SMILES string of the molecule is COC(=O)[C@H](C)CNC(=O)OCc1ccccc1. The lowest BCUT2D eigenvalue weighted by Crippen LogP contribution is -2.32. The van der Waals surface area contributed by atoms with Crippen molar-refractivity contribution >= 4 is 12.1 Å². The van der Waals surface area contributed by atoms with Crippen LogP contribution in [0.2, 0.25) is 0 Å². The summed E-state index contributed by atoms with van der Waals surface area (Å²) in [7, 11) is 1.31. The van der Waals surface area contributed by atoms with Crippen LogP contribution in [0.15, 0.2) is 30.3 Å². The molecule has 0 unspecified atom stereocenters. The van der Waals surface area contributed by atoms with Crippen molar-refractivity contribution in [3.63, 3.8) is 0 Å². The van der Waals surface area contributed by atoms with Gasteiger partial charge in [0.25, 0.3) is 0 Å². The van der Waals surface area contributed by atoms with Crippen LogP contribution in [0.4, 0.5) is 4.79 Å². The number of nitrogens with one attached hydrogen (secondary N) is 1. The Kier molecular flexibility index (Phi) is 5.70. The van der Waals surface area contributed by atoms with E-state index in [4.69, 9.17) is 4.74 Å². The van der Waals surface area contributed by atoms with Gasteiger partial charge in [0.2, 0.25) is 0 Å². The van der Waals surface area contributed by atoms with E-state index in [0.717, 1.165) is 5.56 Å². The maximum atomic E-state index is 11.3. The van der Waals surface area contributed by atoms with Crippen LogP contribution in [0.5, 0.6) is 0 Å². The van der Waals surface area contributed by atoms with Gasteiger partial charge in [0, 0.05) is 6.54 Å². The third-order valence-electron chi connectivity index (χ3n) is 2.37. The molecule has 0 spiro atoms. The number of hydrogen-bond donors (Lipinski definition) is 1. The van der Waals surface area contributed by atoms with E-state index in [1.165, 1.54) is 7.11 Å². The monoisotopic (exact) mass is 251 g/mol. The Morgan fingerprint density at radius 2 is 1.94 bits per heavy atom. The summed E-state index contributed by atoms with van der Waals surface area (Å²) in [6, 6.07) is 9.36. The zero-order chi connectivity index (χ0) is 13.4. The molecule has 98 valence electrons. The molecule has 0 saturated carbocycles. The van der Waals surface area contributed by atoms with Crippen LogP contribution in [0.1, 0.15) is 12.5 Å². The first-order valence-electron chi connectivity index (χ1n) is 5.66. The second-order valence-corrected chi connectivity index (χ2v) is 3.87. The van der Waals surface area contributed by atoms with Crippen molar-refractivity contribution in [2.24, 2.45) is 5.92 Å². The minimum absolute atomic E-state index is 0.195. The molecule has 1 N–H and O–H groups in total. The standard InChI is InChI=1S/C13H17NO4/c1-10(12(15)17-2)8-14-13(16)18-9-11-6-4-3-5-7-11/h3-7,10H,8-9H2,1-2H3,(H,14,16)/t10-/m1/s1. The quantitative estimate of drug-likeness (QED) is 0.809. The van der Waals surface area contributed by atoms with E-state index in [9.17, 15) is 9.59 Å². The number of ether oxygens (including phenoxy) is 2. The number of alkyl carbamates (subject to hydrolysis) is 1. The second kappa shape index (κ2) is 7.32. The molecule has 0 aromatic heterocycles. The first kappa shape index (κ1) is 14.0. The molecule has 0 aliphatic rings. The smallest absolute Gasteiger partial charge is 0.407 e. The number of hydrogen-bond acceptors (Lipinski definition) is 4. The minimum Gasteiger partial charge on any atom is -0.469 e. The van der Waals surface area contributed by atoms with Crippen molar-refractivity contribution in [2.75, 3.05) is 13.7 Å². The predicted molar refractivity (Wildman–Crippen MR) is 65.8 cm³/mol. The Balaban J connectivity index is 2.24. The normalized spacial score (nSPS) is 11.4. The molecule has 18 heavy (non-hydrogen) atoms. The second-order valence-electron chi connectivity index (χ2n) is 3.87. The van der Waals surface area contributed by atoms with Crippen LogP contribution in [0.3, 0.4) is 0 Å². The molecule has 0 radical (unpaired) electrons. The van der Waals surface area contributed by atoms with Gasteiger partial charge in [0.15, 0.2) is 0 Å². The minimum atomic E-state index is -0.547. The number of methoxy groups -OCH3 is 1. The average Bonchev–Trinajstić information content (AvgIpc) is 2.42. The number of esters is 1. The van der Waals surface area contributed by atoms with E-state index >= 15 is 0 Å². The van der Waals surface area contributed by atoms with Gasteiger partial charge in [-0.1, -0.05) is 37.3 Å². The number of carbonyl (C=O) groups is 2. The molecule has 0 aliphatic heterocycles.